The quantitative estimate of drug-likeness (QED) is 0.375. The van der Waals surface area contributed by atoms with E-state index in [2.05, 4.69) is 10.3 Å². The van der Waals surface area contributed by atoms with Crippen LogP contribution in [0, 0.1) is 16.0 Å². The second-order valence-corrected chi connectivity index (χ2v) is 7.02. The number of carboxylic acid groups (broad SMARTS) is 1. The number of hydrogen-bond acceptors (Lipinski definition) is 7. The summed E-state index contributed by atoms with van der Waals surface area (Å²) in [7, 11) is 1.51. The molecule has 0 saturated heterocycles. The Morgan fingerprint density at radius 3 is 2.56 bits per heavy atom. The summed E-state index contributed by atoms with van der Waals surface area (Å²) in [4.78, 5) is 38.4. The number of hydrogen-bond donors (Lipinski definition) is 2. The number of thiazole rings is 1. The fourth-order valence-corrected chi connectivity index (χ4v) is 3.16. The van der Waals surface area contributed by atoms with Crippen molar-refractivity contribution in [1.29, 1.82) is 0 Å². The molecule has 2 aromatic rings. The zero-order valence-electron chi connectivity index (χ0n) is 15.4. The zero-order valence-corrected chi connectivity index (χ0v) is 16.2. The standard InChI is InChI=1S/C15H18N4O5S.Li.H2O/c1-8(2)4-5-11-12(14(21)22)16-15(25-11)17-13(20)10-6-9(19(23)24)7-18(10)3;;/h6-8H,4-5H2,1-3H3,(H,21,22)(H,16,17,20);;1H2/q;+1;/p-1. The summed E-state index contributed by atoms with van der Waals surface area (Å²) in [5, 5.41) is 22.7. The van der Waals surface area contributed by atoms with E-state index in [0.717, 1.165) is 23.8 Å². The Morgan fingerprint density at radius 2 is 2.07 bits per heavy atom. The molecule has 1 amide bonds. The maximum absolute atomic E-state index is 12.3. The fraction of sp³-hybridized carbons (Fsp3) is 0.400. The first-order valence-electron chi connectivity index (χ1n) is 7.54. The van der Waals surface area contributed by atoms with Crippen LogP contribution >= 0.6 is 11.3 Å². The third-order valence-electron chi connectivity index (χ3n) is 3.50. The zero-order chi connectivity index (χ0) is 18.7. The van der Waals surface area contributed by atoms with Crippen LogP contribution in [0.3, 0.4) is 0 Å². The molecule has 12 heteroatoms. The topological polar surface area (TPSA) is 157 Å². The molecule has 0 radical (unpaired) electrons. The predicted molar refractivity (Wildman–Crippen MR) is 94.2 cm³/mol. The summed E-state index contributed by atoms with van der Waals surface area (Å²) in [5.41, 5.74) is -0.183. The van der Waals surface area contributed by atoms with Gasteiger partial charge in [-0.15, -0.1) is 11.3 Å². The number of aromatic carboxylic acids is 1. The van der Waals surface area contributed by atoms with E-state index >= 15 is 0 Å². The minimum Gasteiger partial charge on any atom is -0.870 e. The number of nitro groups is 1. The Morgan fingerprint density at radius 1 is 1.44 bits per heavy atom. The summed E-state index contributed by atoms with van der Waals surface area (Å²) in [6, 6.07) is 1.15. The molecule has 0 unspecified atom stereocenters. The molecule has 0 aliphatic carbocycles. The average molecular weight is 390 g/mol. The molecule has 0 saturated carbocycles. The van der Waals surface area contributed by atoms with Crippen LogP contribution in [-0.4, -0.2) is 36.9 Å². The third kappa shape index (κ3) is 6.18. The molecule has 2 aromatic heterocycles. The van der Waals surface area contributed by atoms with Crippen LogP contribution in [0.4, 0.5) is 10.8 Å². The molecule has 0 bridgehead atoms. The largest absolute Gasteiger partial charge is 1.00 e. The molecular formula is C15H19LiN4O6S. The summed E-state index contributed by atoms with van der Waals surface area (Å²) in [5.74, 6) is -1.33. The van der Waals surface area contributed by atoms with Crippen molar-refractivity contribution in [2.75, 3.05) is 5.32 Å². The molecule has 2 heterocycles. The number of carboxylic acids is 1. The van der Waals surface area contributed by atoms with Crippen molar-refractivity contribution in [2.45, 2.75) is 26.7 Å². The molecule has 0 aromatic carbocycles. The summed E-state index contributed by atoms with van der Waals surface area (Å²) in [6.45, 7) is 4.07. The van der Waals surface area contributed by atoms with E-state index in [1.54, 1.807) is 0 Å². The Kier molecular flexibility index (Phi) is 9.39. The van der Waals surface area contributed by atoms with Gasteiger partial charge in [0.25, 0.3) is 11.6 Å². The van der Waals surface area contributed by atoms with Crippen molar-refractivity contribution in [3.63, 3.8) is 0 Å². The minimum absolute atomic E-state index is 0. The smallest absolute Gasteiger partial charge is 0.870 e. The number of aromatic nitrogens is 2. The van der Waals surface area contributed by atoms with E-state index < -0.39 is 16.8 Å². The van der Waals surface area contributed by atoms with Gasteiger partial charge < -0.3 is 15.1 Å². The van der Waals surface area contributed by atoms with Crippen molar-refractivity contribution < 1.29 is 44.0 Å². The van der Waals surface area contributed by atoms with Crippen LogP contribution in [0.1, 0.15) is 46.1 Å². The Bertz CT molecular complexity index is 832. The Balaban J connectivity index is 0.00000338. The number of nitrogens with zero attached hydrogens (tertiary/aromatic N) is 3. The third-order valence-corrected chi connectivity index (χ3v) is 4.53. The van der Waals surface area contributed by atoms with Gasteiger partial charge in [0.2, 0.25) is 0 Å². The predicted octanol–water partition coefficient (Wildman–Crippen LogP) is -0.244. The van der Waals surface area contributed by atoms with Gasteiger partial charge in [0.15, 0.2) is 10.8 Å². The van der Waals surface area contributed by atoms with E-state index in [1.807, 2.05) is 13.8 Å². The molecule has 0 spiro atoms. The molecule has 3 N–H and O–H groups in total. The molecule has 10 nitrogen and oxygen atoms in total. The van der Waals surface area contributed by atoms with Gasteiger partial charge in [-0.3, -0.25) is 20.2 Å². The number of anilines is 1. The van der Waals surface area contributed by atoms with Crippen LogP contribution in [0.2, 0.25) is 0 Å². The van der Waals surface area contributed by atoms with Gasteiger partial charge in [-0.25, -0.2) is 9.78 Å². The van der Waals surface area contributed by atoms with E-state index in [0.29, 0.717) is 17.2 Å². The number of carbonyl (C=O) groups is 2. The molecule has 142 valence electrons. The van der Waals surface area contributed by atoms with Gasteiger partial charge in [0.1, 0.15) is 5.69 Å². The van der Waals surface area contributed by atoms with Crippen LogP contribution in [0.5, 0.6) is 0 Å². The molecule has 27 heavy (non-hydrogen) atoms. The molecule has 0 aliphatic rings. The Labute approximate surface area is 171 Å². The van der Waals surface area contributed by atoms with E-state index in [4.69, 9.17) is 0 Å². The number of aryl methyl sites for hydroxylation is 2. The maximum atomic E-state index is 12.3. The first-order valence-corrected chi connectivity index (χ1v) is 8.35. The molecule has 0 fully saturated rings. The maximum Gasteiger partial charge on any atom is 1.00 e. The van der Waals surface area contributed by atoms with Crippen molar-refractivity contribution in [1.82, 2.24) is 9.55 Å². The first kappa shape index (κ1) is 24.8. The SMILES string of the molecule is CC(C)CCc1sc(NC(=O)c2cc([N+](=O)[O-])cn2C)nc1C(=O)O.[Li+].[OH-]. The number of amides is 1. The monoisotopic (exact) mass is 390 g/mol. The van der Waals surface area contributed by atoms with E-state index in [-0.39, 0.29) is 46.5 Å². The van der Waals surface area contributed by atoms with Crippen molar-refractivity contribution in [2.24, 2.45) is 13.0 Å². The van der Waals surface area contributed by atoms with Crippen LogP contribution in [0.25, 0.3) is 0 Å². The fourth-order valence-electron chi connectivity index (χ4n) is 2.20. The van der Waals surface area contributed by atoms with Crippen molar-refractivity contribution in [3.05, 3.63) is 38.6 Å². The first-order chi connectivity index (χ1) is 11.7. The van der Waals surface area contributed by atoms with Gasteiger partial charge >= 0.3 is 24.8 Å². The van der Waals surface area contributed by atoms with Gasteiger partial charge in [0, 0.05) is 18.0 Å². The van der Waals surface area contributed by atoms with Gasteiger partial charge in [0.05, 0.1) is 11.1 Å². The normalized spacial score (nSPS) is 10.1. The minimum atomic E-state index is -1.15. The van der Waals surface area contributed by atoms with Crippen LogP contribution in [0.15, 0.2) is 12.3 Å². The molecule has 0 atom stereocenters. The number of nitrogens with one attached hydrogen (secondary N) is 1. The second-order valence-electron chi connectivity index (χ2n) is 5.93. The van der Waals surface area contributed by atoms with Gasteiger partial charge in [-0.05, 0) is 18.8 Å². The van der Waals surface area contributed by atoms with Crippen molar-refractivity contribution >= 4 is 34.0 Å². The number of carbonyl (C=O) groups excluding carboxylic acids is 1. The van der Waals surface area contributed by atoms with E-state index in [1.165, 1.54) is 17.8 Å². The summed E-state index contributed by atoms with van der Waals surface area (Å²) in [6.07, 6.45) is 2.59. The van der Waals surface area contributed by atoms with Crippen LogP contribution in [-0.2, 0) is 13.5 Å². The van der Waals surface area contributed by atoms with Gasteiger partial charge in [-0.2, -0.15) is 0 Å². The summed E-state index contributed by atoms with van der Waals surface area (Å²) >= 11 is 1.10. The molecule has 0 aliphatic heterocycles. The van der Waals surface area contributed by atoms with E-state index in [9.17, 15) is 24.8 Å². The molecular weight excluding hydrogens is 371 g/mol. The Hall–Kier alpha value is -2.19. The van der Waals surface area contributed by atoms with Gasteiger partial charge in [-0.1, -0.05) is 13.8 Å². The van der Waals surface area contributed by atoms with Crippen molar-refractivity contribution in [3.8, 4) is 0 Å². The van der Waals surface area contributed by atoms with Crippen LogP contribution < -0.4 is 24.2 Å². The number of rotatable bonds is 7. The molecule has 2 rings (SSSR count). The second kappa shape index (κ2) is 10.2. The average Bonchev–Trinajstić information content (AvgIpc) is 3.08. The summed E-state index contributed by atoms with van der Waals surface area (Å²) < 4.78 is 1.33.